The summed E-state index contributed by atoms with van der Waals surface area (Å²) >= 11 is 6.06. The van der Waals surface area contributed by atoms with Gasteiger partial charge in [-0.25, -0.2) is 10.1 Å². The molecule has 0 fully saturated rings. The summed E-state index contributed by atoms with van der Waals surface area (Å²) in [5.74, 6) is 0.269. The van der Waals surface area contributed by atoms with Crippen molar-refractivity contribution >= 4 is 30.3 Å². The van der Waals surface area contributed by atoms with Crippen LogP contribution in [0.5, 0.6) is 0 Å². The number of nitrogens with one attached hydrogen (secondary N) is 1. The van der Waals surface area contributed by atoms with Gasteiger partial charge >= 0.3 is 7.60 Å². The quantitative estimate of drug-likeness (QED) is 0.567. The van der Waals surface area contributed by atoms with Gasteiger partial charge in [-0.2, -0.15) is 0 Å². The number of hydrogen-bond donors (Lipinski definition) is 3. The van der Waals surface area contributed by atoms with E-state index in [2.05, 4.69) is 25.6 Å². The van der Waals surface area contributed by atoms with Crippen molar-refractivity contribution in [2.75, 3.05) is 0 Å². The summed E-state index contributed by atoms with van der Waals surface area (Å²) in [5, 5.41) is 13.5. The number of hydrogen-bond acceptors (Lipinski definition) is 5. The van der Waals surface area contributed by atoms with E-state index in [4.69, 9.17) is 21.4 Å². The first-order chi connectivity index (χ1) is 8.97. The fraction of sp³-hybridized carbons (Fsp3) is 0. The van der Waals surface area contributed by atoms with Gasteiger partial charge in [0.15, 0.2) is 11.3 Å². The van der Waals surface area contributed by atoms with E-state index < -0.39 is 7.60 Å². The maximum absolute atomic E-state index is 11.2. The van der Waals surface area contributed by atoms with Crippen molar-refractivity contribution in [3.63, 3.8) is 0 Å². The van der Waals surface area contributed by atoms with Gasteiger partial charge in [0, 0.05) is 6.20 Å². The fourth-order valence-corrected chi connectivity index (χ4v) is 2.39. The van der Waals surface area contributed by atoms with E-state index in [1.165, 1.54) is 16.7 Å². The molecule has 3 aromatic rings. The van der Waals surface area contributed by atoms with Gasteiger partial charge in [0.25, 0.3) is 0 Å². The lowest BCUT2D eigenvalue weighted by atomic mass is 10.3. The average molecular weight is 301 g/mol. The van der Waals surface area contributed by atoms with E-state index in [1.807, 2.05) is 0 Å². The molecule has 98 valence electrons. The third-order valence-electron chi connectivity index (χ3n) is 2.43. The van der Waals surface area contributed by atoms with Crippen molar-refractivity contribution in [3.05, 3.63) is 23.4 Å². The Morgan fingerprint density at radius 3 is 2.79 bits per heavy atom. The minimum atomic E-state index is -4.44. The normalized spacial score (nSPS) is 12.2. The van der Waals surface area contributed by atoms with Crippen molar-refractivity contribution in [2.45, 2.75) is 0 Å². The van der Waals surface area contributed by atoms with Gasteiger partial charge in [0.1, 0.15) is 11.3 Å². The van der Waals surface area contributed by atoms with Crippen LogP contribution in [0.25, 0.3) is 17.2 Å². The molecule has 0 amide bonds. The summed E-state index contributed by atoms with van der Waals surface area (Å²) in [6.07, 6.45) is 1.21. The highest BCUT2D eigenvalue weighted by Crippen LogP contribution is 2.34. The molecule has 0 aliphatic rings. The lowest BCUT2D eigenvalue weighted by Crippen LogP contribution is -2.03. The predicted molar refractivity (Wildman–Crippen MR) is 65.1 cm³/mol. The van der Waals surface area contributed by atoms with Crippen LogP contribution in [-0.2, 0) is 4.57 Å². The van der Waals surface area contributed by atoms with Crippen LogP contribution in [0.2, 0.25) is 5.02 Å². The summed E-state index contributed by atoms with van der Waals surface area (Å²) in [6, 6.07) is 3.08. The minimum absolute atomic E-state index is 0.269. The van der Waals surface area contributed by atoms with Crippen molar-refractivity contribution in [3.8, 4) is 11.5 Å². The molecule has 19 heavy (non-hydrogen) atoms. The van der Waals surface area contributed by atoms with Crippen LogP contribution in [-0.4, -0.2) is 39.8 Å². The molecule has 3 N–H and O–H groups in total. The Morgan fingerprint density at radius 1 is 1.37 bits per heavy atom. The van der Waals surface area contributed by atoms with Gasteiger partial charge in [-0.1, -0.05) is 11.6 Å². The van der Waals surface area contributed by atoms with Crippen LogP contribution < -0.4 is 5.44 Å². The molecular formula is C8H6ClN6O3P. The maximum Gasteiger partial charge on any atom is 0.376 e. The Labute approximate surface area is 110 Å². The molecule has 0 aliphatic heterocycles. The molecule has 0 saturated heterocycles. The summed E-state index contributed by atoms with van der Waals surface area (Å²) in [6.45, 7) is 0. The highest BCUT2D eigenvalue weighted by atomic mass is 35.5. The van der Waals surface area contributed by atoms with Gasteiger partial charge in [-0.05, 0) is 22.6 Å². The van der Waals surface area contributed by atoms with Crippen LogP contribution in [0.3, 0.4) is 0 Å². The molecule has 3 rings (SSSR count). The van der Waals surface area contributed by atoms with Crippen LogP contribution >= 0.6 is 19.2 Å². The second kappa shape index (κ2) is 4.10. The molecule has 0 spiro atoms. The first-order valence-electron chi connectivity index (χ1n) is 4.94. The molecule has 0 saturated carbocycles. The second-order valence-corrected chi connectivity index (χ2v) is 5.60. The predicted octanol–water partition coefficient (Wildman–Crippen LogP) is -0.0292. The Kier molecular flexibility index (Phi) is 2.64. The van der Waals surface area contributed by atoms with Crippen LogP contribution in [0.4, 0.5) is 0 Å². The third kappa shape index (κ3) is 2.02. The Bertz CT molecular complexity index is 794. The number of imidazole rings is 1. The number of tetrazole rings is 1. The van der Waals surface area contributed by atoms with Gasteiger partial charge in [0.2, 0.25) is 0 Å². The molecule has 0 atom stereocenters. The Balaban J connectivity index is 2.35. The van der Waals surface area contributed by atoms with Crippen LogP contribution in [0.1, 0.15) is 0 Å². The van der Waals surface area contributed by atoms with E-state index in [9.17, 15) is 4.57 Å². The lowest BCUT2D eigenvalue weighted by Gasteiger charge is -2.03. The number of pyridine rings is 1. The molecule has 3 heterocycles. The largest absolute Gasteiger partial charge is 0.376 e. The first-order valence-corrected chi connectivity index (χ1v) is 6.93. The molecule has 0 radical (unpaired) electrons. The van der Waals surface area contributed by atoms with Crippen LogP contribution in [0.15, 0.2) is 18.3 Å². The number of halogens is 1. The highest BCUT2D eigenvalue weighted by Gasteiger charge is 2.23. The monoisotopic (exact) mass is 300 g/mol. The second-order valence-electron chi connectivity index (χ2n) is 3.65. The van der Waals surface area contributed by atoms with Gasteiger partial charge in [-0.3, -0.25) is 8.97 Å². The van der Waals surface area contributed by atoms with Crippen molar-refractivity contribution in [1.82, 2.24) is 30.0 Å². The lowest BCUT2D eigenvalue weighted by molar-refractivity contribution is 0.386. The van der Waals surface area contributed by atoms with E-state index in [0.717, 1.165) is 0 Å². The zero-order chi connectivity index (χ0) is 13.6. The topological polar surface area (TPSA) is 129 Å². The van der Waals surface area contributed by atoms with E-state index in [0.29, 0.717) is 16.4 Å². The zero-order valence-electron chi connectivity index (χ0n) is 9.10. The molecule has 11 heteroatoms. The third-order valence-corrected chi connectivity index (χ3v) is 3.55. The fourth-order valence-electron chi connectivity index (χ4n) is 1.65. The SMILES string of the molecule is O=P(O)(O)c1cn2c(-c3nnn[nH]3)c(Cl)ccc2n1. The maximum atomic E-state index is 11.2. The average Bonchev–Trinajstić information content (AvgIpc) is 2.94. The molecule has 3 aromatic heterocycles. The summed E-state index contributed by atoms with van der Waals surface area (Å²) in [4.78, 5) is 22.1. The van der Waals surface area contributed by atoms with E-state index >= 15 is 0 Å². The van der Waals surface area contributed by atoms with Gasteiger partial charge in [-0.15, -0.1) is 5.10 Å². The number of nitrogens with zero attached hydrogens (tertiary/aromatic N) is 5. The number of H-pyrrole nitrogens is 1. The Morgan fingerprint density at radius 2 is 2.16 bits per heavy atom. The number of rotatable bonds is 2. The highest BCUT2D eigenvalue weighted by molar-refractivity contribution is 7.60. The Hall–Kier alpha value is -1.80. The standard InChI is InChI=1S/C8H6ClN6O3P/c9-4-1-2-5-10-6(19(16,17)18)3-15(5)7(4)8-11-13-14-12-8/h1-3H,(H2,16,17,18)(H,11,12,13,14). The van der Waals surface area contributed by atoms with Gasteiger partial charge < -0.3 is 9.79 Å². The molecular weight excluding hydrogens is 295 g/mol. The smallest absolute Gasteiger partial charge is 0.320 e. The molecule has 0 bridgehead atoms. The van der Waals surface area contributed by atoms with E-state index in [1.54, 1.807) is 6.07 Å². The van der Waals surface area contributed by atoms with Crippen LogP contribution in [0, 0.1) is 0 Å². The molecule has 0 aromatic carbocycles. The summed E-state index contributed by atoms with van der Waals surface area (Å²) in [7, 11) is -4.44. The van der Waals surface area contributed by atoms with Gasteiger partial charge in [0.05, 0.1) is 5.02 Å². The van der Waals surface area contributed by atoms with E-state index in [-0.39, 0.29) is 11.3 Å². The summed E-state index contributed by atoms with van der Waals surface area (Å²) < 4.78 is 12.6. The minimum Gasteiger partial charge on any atom is -0.320 e. The zero-order valence-corrected chi connectivity index (χ0v) is 10.7. The molecule has 0 unspecified atom stereocenters. The molecule has 0 aliphatic carbocycles. The number of aromatic nitrogens is 6. The van der Waals surface area contributed by atoms with Crippen molar-refractivity contribution in [1.29, 1.82) is 0 Å². The van der Waals surface area contributed by atoms with Crippen molar-refractivity contribution in [2.24, 2.45) is 0 Å². The first kappa shape index (κ1) is 12.2. The number of fused-ring (bicyclic) bond motifs is 1. The molecule has 9 nitrogen and oxygen atoms in total. The summed E-state index contributed by atoms with van der Waals surface area (Å²) in [5.41, 5.74) is 0.356. The number of aromatic amines is 1. The van der Waals surface area contributed by atoms with Crippen molar-refractivity contribution < 1.29 is 14.4 Å².